The Bertz CT molecular complexity index is 1290. The topological polar surface area (TPSA) is 93.7 Å². The molecule has 2 saturated carbocycles. The number of anilines is 2. The molecule has 0 amide bonds. The lowest BCUT2D eigenvalue weighted by atomic mass is 9.92. The minimum Gasteiger partial charge on any atom is -0.364 e. The molecule has 9 heteroatoms. The molecule has 7 nitrogen and oxygen atoms in total. The third kappa shape index (κ3) is 5.38. The molecule has 2 aromatic heterocycles. The number of nitrogens with one attached hydrogen (secondary N) is 2. The lowest BCUT2D eigenvalue weighted by molar-refractivity contribution is 0.410. The van der Waals surface area contributed by atoms with E-state index in [0.29, 0.717) is 30.6 Å². The van der Waals surface area contributed by atoms with Crippen molar-refractivity contribution in [3.63, 3.8) is 0 Å². The van der Waals surface area contributed by atoms with E-state index in [1.807, 2.05) is 6.33 Å². The van der Waals surface area contributed by atoms with Crippen LogP contribution in [0.15, 0.2) is 48.8 Å². The van der Waals surface area contributed by atoms with Crippen molar-refractivity contribution in [1.29, 1.82) is 0 Å². The van der Waals surface area contributed by atoms with Crippen molar-refractivity contribution in [3.05, 3.63) is 54.4 Å². The number of fused-ring (bicyclic) bond motifs is 2. The number of hydrogen-bond donors (Lipinski definition) is 3. The maximum atomic E-state index is 6.12. The second kappa shape index (κ2) is 11.6. The molecule has 2 aliphatic rings. The van der Waals surface area contributed by atoms with E-state index >= 15 is 0 Å². The van der Waals surface area contributed by atoms with E-state index in [1.54, 1.807) is 0 Å². The van der Waals surface area contributed by atoms with Crippen molar-refractivity contribution in [2.45, 2.75) is 76.0 Å². The number of nitrogens with two attached hydrogens (primary N) is 1. The normalized spacial score (nSPS) is 20.1. The molecular formula is C27H35Cl2N7. The van der Waals surface area contributed by atoms with Crippen LogP contribution in [0.1, 0.15) is 63.0 Å². The highest BCUT2D eigenvalue weighted by atomic mass is 35.5. The number of benzene rings is 2. The number of halogens is 2. The van der Waals surface area contributed by atoms with Crippen LogP contribution in [0.3, 0.4) is 0 Å². The average molecular weight is 529 g/mol. The van der Waals surface area contributed by atoms with Crippen LogP contribution >= 0.6 is 24.8 Å². The molecule has 0 aliphatic heterocycles. The van der Waals surface area contributed by atoms with Gasteiger partial charge in [0.15, 0.2) is 17.0 Å². The van der Waals surface area contributed by atoms with Gasteiger partial charge in [0.25, 0.3) is 0 Å². The van der Waals surface area contributed by atoms with Crippen LogP contribution in [-0.2, 0) is 6.54 Å². The van der Waals surface area contributed by atoms with Crippen LogP contribution in [-0.4, -0.2) is 31.6 Å². The van der Waals surface area contributed by atoms with Crippen LogP contribution in [0.4, 0.5) is 11.8 Å². The van der Waals surface area contributed by atoms with Crippen molar-refractivity contribution in [1.82, 2.24) is 19.5 Å². The number of imidazole rings is 1. The zero-order valence-corrected chi connectivity index (χ0v) is 22.0. The molecular weight excluding hydrogens is 493 g/mol. The Kier molecular flexibility index (Phi) is 8.54. The van der Waals surface area contributed by atoms with Crippen LogP contribution < -0.4 is 16.4 Å². The number of rotatable bonds is 6. The Hall–Kier alpha value is -2.61. The first kappa shape index (κ1) is 26.5. The Labute approximate surface area is 224 Å². The highest BCUT2D eigenvalue weighted by molar-refractivity contribution is 5.87. The molecule has 2 fully saturated rings. The van der Waals surface area contributed by atoms with E-state index in [0.717, 1.165) is 42.7 Å². The average Bonchev–Trinajstić information content (AvgIpc) is 3.54. The predicted octanol–water partition coefficient (Wildman–Crippen LogP) is 6.23. The molecule has 0 spiro atoms. The second-order valence-corrected chi connectivity index (χ2v) is 9.91. The fourth-order valence-corrected chi connectivity index (χ4v) is 5.63. The third-order valence-corrected chi connectivity index (χ3v) is 7.57. The van der Waals surface area contributed by atoms with Crippen molar-refractivity contribution < 1.29 is 0 Å². The summed E-state index contributed by atoms with van der Waals surface area (Å²) in [6.07, 6.45) is 11.1. The summed E-state index contributed by atoms with van der Waals surface area (Å²) in [4.78, 5) is 14.6. The molecule has 36 heavy (non-hydrogen) atoms. The van der Waals surface area contributed by atoms with Gasteiger partial charge in [-0.25, -0.2) is 4.98 Å². The Morgan fingerprint density at radius 1 is 0.889 bits per heavy atom. The minimum atomic E-state index is 0. The maximum absolute atomic E-state index is 6.12. The second-order valence-electron chi connectivity index (χ2n) is 9.91. The van der Waals surface area contributed by atoms with Crippen LogP contribution in [0.2, 0.25) is 0 Å². The van der Waals surface area contributed by atoms with Gasteiger partial charge in [0.2, 0.25) is 5.95 Å². The molecule has 0 bridgehead atoms. The van der Waals surface area contributed by atoms with Crippen molar-refractivity contribution in [2.24, 2.45) is 5.73 Å². The first-order valence-electron chi connectivity index (χ1n) is 12.7. The Morgan fingerprint density at radius 2 is 1.64 bits per heavy atom. The summed E-state index contributed by atoms with van der Waals surface area (Å²) in [5.74, 6) is 1.48. The standard InChI is InChI=1S/C27H33N7.2ClH/c28-20-12-14-21(15-13-20)31-27-32-25(24-26(33-27)34(17-30-24)22-9-2-3-10-22)29-16-19-8-5-7-18-6-1-4-11-23(18)19;;/h1,4-8,11,17,20-22H,2-3,9-10,12-16,28H2,(H2,29,31,32,33);2*1H/t20-,21-;;. The van der Waals surface area contributed by atoms with Gasteiger partial charge in [0, 0.05) is 24.7 Å². The first-order chi connectivity index (χ1) is 16.7. The number of nitrogens with zero attached hydrogens (tertiary/aromatic N) is 4. The summed E-state index contributed by atoms with van der Waals surface area (Å²) < 4.78 is 2.27. The summed E-state index contributed by atoms with van der Waals surface area (Å²) in [6, 6.07) is 16.1. The number of hydrogen-bond acceptors (Lipinski definition) is 6. The smallest absolute Gasteiger partial charge is 0.227 e. The van der Waals surface area contributed by atoms with Gasteiger partial charge >= 0.3 is 0 Å². The molecule has 4 N–H and O–H groups in total. The molecule has 4 aromatic rings. The van der Waals surface area contributed by atoms with Gasteiger partial charge in [-0.2, -0.15) is 9.97 Å². The zero-order chi connectivity index (χ0) is 22.9. The Morgan fingerprint density at radius 3 is 2.44 bits per heavy atom. The molecule has 6 rings (SSSR count). The van der Waals surface area contributed by atoms with E-state index in [2.05, 4.69) is 57.7 Å². The number of aromatic nitrogens is 4. The van der Waals surface area contributed by atoms with Gasteiger partial charge in [0.1, 0.15) is 0 Å². The van der Waals surface area contributed by atoms with E-state index in [4.69, 9.17) is 20.7 Å². The lowest BCUT2D eigenvalue weighted by Crippen LogP contribution is -2.33. The van der Waals surface area contributed by atoms with Crippen LogP contribution in [0.5, 0.6) is 0 Å². The van der Waals surface area contributed by atoms with Gasteiger partial charge in [-0.3, -0.25) is 0 Å². The first-order valence-corrected chi connectivity index (χ1v) is 12.7. The Balaban J connectivity index is 0.00000152. The summed E-state index contributed by atoms with van der Waals surface area (Å²) in [5.41, 5.74) is 9.14. The third-order valence-electron chi connectivity index (χ3n) is 7.57. The van der Waals surface area contributed by atoms with Gasteiger partial charge in [-0.1, -0.05) is 55.3 Å². The largest absolute Gasteiger partial charge is 0.364 e. The van der Waals surface area contributed by atoms with E-state index < -0.39 is 0 Å². The molecule has 0 saturated heterocycles. The molecule has 2 heterocycles. The monoisotopic (exact) mass is 527 g/mol. The van der Waals surface area contributed by atoms with E-state index in [-0.39, 0.29) is 24.8 Å². The fraction of sp³-hybridized carbons (Fsp3) is 0.444. The van der Waals surface area contributed by atoms with E-state index in [1.165, 1.54) is 42.0 Å². The molecule has 0 radical (unpaired) electrons. The van der Waals surface area contributed by atoms with Gasteiger partial charge in [-0.15, -0.1) is 24.8 Å². The summed E-state index contributed by atoms with van der Waals surface area (Å²) in [5, 5.41) is 9.72. The van der Waals surface area contributed by atoms with Crippen molar-refractivity contribution in [2.75, 3.05) is 10.6 Å². The maximum Gasteiger partial charge on any atom is 0.227 e. The highest BCUT2D eigenvalue weighted by Crippen LogP contribution is 2.33. The quantitative estimate of drug-likeness (QED) is 0.275. The molecule has 0 atom stereocenters. The SMILES string of the molecule is Cl.Cl.N[C@H]1CC[C@H](Nc2nc(NCc3cccc4ccccc34)c3ncn(C4CCCC4)c3n2)CC1. The van der Waals surface area contributed by atoms with Crippen LogP contribution in [0, 0.1) is 0 Å². The fourth-order valence-electron chi connectivity index (χ4n) is 5.63. The zero-order valence-electron chi connectivity index (χ0n) is 20.4. The minimum absolute atomic E-state index is 0. The van der Waals surface area contributed by atoms with Gasteiger partial charge < -0.3 is 20.9 Å². The van der Waals surface area contributed by atoms with Crippen molar-refractivity contribution in [3.8, 4) is 0 Å². The molecule has 192 valence electrons. The summed E-state index contributed by atoms with van der Waals surface area (Å²) in [7, 11) is 0. The molecule has 0 unspecified atom stereocenters. The van der Waals surface area contributed by atoms with Gasteiger partial charge in [-0.05, 0) is 54.9 Å². The molecule has 2 aromatic carbocycles. The highest BCUT2D eigenvalue weighted by Gasteiger charge is 2.24. The van der Waals surface area contributed by atoms with Crippen LogP contribution in [0.25, 0.3) is 21.9 Å². The van der Waals surface area contributed by atoms with Gasteiger partial charge in [0.05, 0.1) is 6.33 Å². The van der Waals surface area contributed by atoms with E-state index in [9.17, 15) is 0 Å². The summed E-state index contributed by atoms with van der Waals surface area (Å²) >= 11 is 0. The predicted molar refractivity (Wildman–Crippen MR) is 152 cm³/mol. The molecule has 2 aliphatic carbocycles. The van der Waals surface area contributed by atoms with Crippen molar-refractivity contribution >= 4 is 58.5 Å². The lowest BCUT2D eigenvalue weighted by Gasteiger charge is -2.27. The summed E-state index contributed by atoms with van der Waals surface area (Å²) in [6.45, 7) is 0.682.